The van der Waals surface area contributed by atoms with Gasteiger partial charge in [0.2, 0.25) is 11.7 Å². The van der Waals surface area contributed by atoms with Crippen LogP contribution in [-0.4, -0.2) is 23.2 Å². The Kier molecular flexibility index (Phi) is 4.55. The van der Waals surface area contributed by atoms with Gasteiger partial charge in [-0.3, -0.25) is 0 Å². The van der Waals surface area contributed by atoms with Crippen molar-refractivity contribution < 1.29 is 13.3 Å². The standard InChI is InChI=1S/C20H16F2N4O/c21-16-6-4-14(5-7-16)19-24-20(27-25-19)15-2-1-9-26(12-15)18-8-3-13(11-23)10-17(18)22/h3-8,10,15H,1-2,9,12H2/t15-/m0/s1. The fraction of sp³-hybridized carbons (Fsp3) is 0.250. The highest BCUT2D eigenvalue weighted by atomic mass is 19.1. The fourth-order valence-corrected chi connectivity index (χ4v) is 3.35. The largest absolute Gasteiger partial charge is 0.368 e. The molecule has 0 radical (unpaired) electrons. The van der Waals surface area contributed by atoms with Crippen molar-refractivity contribution in [1.82, 2.24) is 10.1 Å². The highest BCUT2D eigenvalue weighted by Crippen LogP contribution is 2.31. The molecule has 1 saturated heterocycles. The minimum absolute atomic E-state index is 0.0181. The number of nitrogens with zero attached hydrogens (tertiary/aromatic N) is 4. The second kappa shape index (κ2) is 7.16. The summed E-state index contributed by atoms with van der Waals surface area (Å²) in [4.78, 5) is 6.38. The van der Waals surface area contributed by atoms with E-state index in [9.17, 15) is 8.78 Å². The van der Waals surface area contributed by atoms with Gasteiger partial charge in [0, 0.05) is 18.7 Å². The first-order valence-electron chi connectivity index (χ1n) is 8.68. The number of benzene rings is 2. The first kappa shape index (κ1) is 17.2. The number of hydrogen-bond donors (Lipinski definition) is 0. The summed E-state index contributed by atoms with van der Waals surface area (Å²) >= 11 is 0. The average Bonchev–Trinajstić information content (AvgIpc) is 3.19. The Balaban J connectivity index is 1.54. The van der Waals surface area contributed by atoms with E-state index >= 15 is 0 Å². The zero-order chi connectivity index (χ0) is 18.8. The van der Waals surface area contributed by atoms with Gasteiger partial charge in [-0.05, 0) is 55.3 Å². The molecule has 1 aliphatic rings. The molecule has 2 heterocycles. The molecule has 136 valence electrons. The summed E-state index contributed by atoms with van der Waals surface area (Å²) in [6, 6.07) is 12.3. The topological polar surface area (TPSA) is 66.0 Å². The van der Waals surface area contributed by atoms with Gasteiger partial charge in [0.05, 0.1) is 23.2 Å². The van der Waals surface area contributed by atoms with E-state index in [1.165, 1.54) is 18.2 Å². The van der Waals surface area contributed by atoms with Gasteiger partial charge in [-0.2, -0.15) is 10.2 Å². The summed E-state index contributed by atoms with van der Waals surface area (Å²) < 4.78 is 32.8. The lowest BCUT2D eigenvalue weighted by molar-refractivity contribution is 0.333. The molecule has 1 atom stereocenters. The van der Waals surface area contributed by atoms with Crippen molar-refractivity contribution >= 4 is 5.69 Å². The van der Waals surface area contributed by atoms with Gasteiger partial charge in [-0.25, -0.2) is 8.78 Å². The maximum Gasteiger partial charge on any atom is 0.231 e. The number of nitriles is 1. The van der Waals surface area contributed by atoms with Crippen LogP contribution >= 0.6 is 0 Å². The Hall–Kier alpha value is -3.27. The minimum atomic E-state index is -0.410. The number of aromatic nitrogens is 2. The Labute approximate surface area is 154 Å². The van der Waals surface area contributed by atoms with Crippen molar-refractivity contribution in [2.45, 2.75) is 18.8 Å². The molecule has 4 rings (SSSR count). The Bertz CT molecular complexity index is 994. The number of rotatable bonds is 3. The zero-order valence-electron chi connectivity index (χ0n) is 14.4. The van der Waals surface area contributed by atoms with Crippen molar-refractivity contribution in [3.8, 4) is 17.5 Å². The molecule has 0 aliphatic carbocycles. The first-order chi connectivity index (χ1) is 13.1. The van der Waals surface area contributed by atoms with E-state index in [-0.39, 0.29) is 11.7 Å². The Morgan fingerprint density at radius 1 is 1.15 bits per heavy atom. The summed E-state index contributed by atoms with van der Waals surface area (Å²) in [5.41, 5.74) is 1.44. The highest BCUT2D eigenvalue weighted by Gasteiger charge is 2.27. The molecule has 7 heteroatoms. The summed E-state index contributed by atoms with van der Waals surface area (Å²) in [7, 11) is 0. The summed E-state index contributed by atoms with van der Waals surface area (Å²) in [6.45, 7) is 1.27. The van der Waals surface area contributed by atoms with E-state index in [0.717, 1.165) is 19.4 Å². The maximum atomic E-state index is 14.3. The minimum Gasteiger partial charge on any atom is -0.368 e. The molecule has 0 saturated carbocycles. The lowest BCUT2D eigenvalue weighted by Gasteiger charge is -2.33. The number of anilines is 1. The van der Waals surface area contributed by atoms with E-state index in [2.05, 4.69) is 10.1 Å². The molecule has 5 nitrogen and oxygen atoms in total. The van der Waals surface area contributed by atoms with Gasteiger partial charge in [0.1, 0.15) is 11.6 Å². The SMILES string of the molecule is N#Cc1ccc(N2CCC[C@H](c3nc(-c4ccc(F)cc4)no3)C2)c(F)c1. The second-order valence-electron chi connectivity index (χ2n) is 6.53. The van der Waals surface area contributed by atoms with E-state index in [0.29, 0.717) is 35.1 Å². The van der Waals surface area contributed by atoms with Crippen LogP contribution < -0.4 is 4.90 Å². The molecule has 27 heavy (non-hydrogen) atoms. The predicted octanol–water partition coefficient (Wildman–Crippen LogP) is 4.27. The number of piperidine rings is 1. The van der Waals surface area contributed by atoms with Crippen LogP contribution in [0.1, 0.15) is 30.2 Å². The zero-order valence-corrected chi connectivity index (χ0v) is 14.4. The molecule has 0 bridgehead atoms. The van der Waals surface area contributed by atoms with E-state index in [1.54, 1.807) is 24.3 Å². The third-order valence-electron chi connectivity index (χ3n) is 4.73. The summed E-state index contributed by atoms with van der Waals surface area (Å²) in [5.74, 6) is 0.150. The third kappa shape index (κ3) is 3.51. The monoisotopic (exact) mass is 366 g/mol. The summed E-state index contributed by atoms with van der Waals surface area (Å²) in [6.07, 6.45) is 1.72. The van der Waals surface area contributed by atoms with Crippen molar-refractivity contribution in [1.29, 1.82) is 5.26 Å². The van der Waals surface area contributed by atoms with Gasteiger partial charge in [0.25, 0.3) is 0 Å². The van der Waals surface area contributed by atoms with Crippen molar-refractivity contribution in [3.05, 3.63) is 65.6 Å². The van der Waals surface area contributed by atoms with Crippen LogP contribution in [0.4, 0.5) is 14.5 Å². The van der Waals surface area contributed by atoms with Crippen LogP contribution in [0.5, 0.6) is 0 Å². The van der Waals surface area contributed by atoms with Crippen LogP contribution in [0, 0.1) is 23.0 Å². The number of hydrogen-bond acceptors (Lipinski definition) is 5. The van der Waals surface area contributed by atoms with Crippen LogP contribution in [0.3, 0.4) is 0 Å². The molecule has 0 amide bonds. The quantitative estimate of drug-likeness (QED) is 0.692. The van der Waals surface area contributed by atoms with Crippen LogP contribution in [0.15, 0.2) is 47.0 Å². The van der Waals surface area contributed by atoms with Crippen molar-refractivity contribution in [3.63, 3.8) is 0 Å². The normalized spacial score (nSPS) is 16.9. The molecule has 0 unspecified atom stereocenters. The van der Waals surface area contributed by atoms with Gasteiger partial charge in [-0.15, -0.1) is 0 Å². The van der Waals surface area contributed by atoms with E-state index in [1.807, 2.05) is 11.0 Å². The van der Waals surface area contributed by atoms with Gasteiger partial charge >= 0.3 is 0 Å². The lowest BCUT2D eigenvalue weighted by atomic mass is 9.97. The van der Waals surface area contributed by atoms with Crippen LogP contribution in [0.2, 0.25) is 0 Å². The Morgan fingerprint density at radius 2 is 1.96 bits per heavy atom. The van der Waals surface area contributed by atoms with Crippen LogP contribution in [0.25, 0.3) is 11.4 Å². The molecule has 3 aromatic rings. The average molecular weight is 366 g/mol. The van der Waals surface area contributed by atoms with Crippen molar-refractivity contribution in [2.24, 2.45) is 0 Å². The summed E-state index contributed by atoms with van der Waals surface area (Å²) in [5, 5.41) is 12.9. The molecule has 1 aromatic heterocycles. The van der Waals surface area contributed by atoms with Crippen molar-refractivity contribution in [2.75, 3.05) is 18.0 Å². The molecule has 1 aliphatic heterocycles. The lowest BCUT2D eigenvalue weighted by Crippen LogP contribution is -2.35. The van der Waals surface area contributed by atoms with Crippen LogP contribution in [-0.2, 0) is 0 Å². The smallest absolute Gasteiger partial charge is 0.231 e. The maximum absolute atomic E-state index is 14.3. The molecule has 2 aromatic carbocycles. The fourth-order valence-electron chi connectivity index (χ4n) is 3.35. The Morgan fingerprint density at radius 3 is 2.70 bits per heavy atom. The third-order valence-corrected chi connectivity index (χ3v) is 4.73. The second-order valence-corrected chi connectivity index (χ2v) is 6.53. The van der Waals surface area contributed by atoms with Gasteiger partial charge < -0.3 is 9.42 Å². The number of halogens is 2. The molecular formula is C20H16F2N4O. The first-order valence-corrected chi connectivity index (χ1v) is 8.68. The molecule has 0 spiro atoms. The highest BCUT2D eigenvalue weighted by molar-refractivity contribution is 5.54. The molecule has 1 fully saturated rings. The molecule has 0 N–H and O–H groups in total. The van der Waals surface area contributed by atoms with Gasteiger partial charge in [-0.1, -0.05) is 5.16 Å². The van der Waals surface area contributed by atoms with E-state index < -0.39 is 5.82 Å². The van der Waals surface area contributed by atoms with E-state index in [4.69, 9.17) is 9.78 Å². The van der Waals surface area contributed by atoms with Gasteiger partial charge in [0.15, 0.2) is 0 Å². The molecular weight excluding hydrogens is 350 g/mol. The predicted molar refractivity (Wildman–Crippen MR) is 95.0 cm³/mol.